The third kappa shape index (κ3) is 3.85. The van der Waals surface area contributed by atoms with Gasteiger partial charge < -0.3 is 10.6 Å². The second kappa shape index (κ2) is 6.92. The minimum absolute atomic E-state index is 0.112. The Morgan fingerprint density at radius 2 is 2.09 bits per heavy atom. The summed E-state index contributed by atoms with van der Waals surface area (Å²) in [4.78, 5) is 16.6. The number of nitrogens with zero attached hydrogens (tertiary/aromatic N) is 1. The van der Waals surface area contributed by atoms with E-state index in [9.17, 15) is 4.79 Å². The maximum absolute atomic E-state index is 12.1. The first-order valence-corrected chi connectivity index (χ1v) is 8.69. The van der Waals surface area contributed by atoms with Crippen LogP contribution >= 0.6 is 11.3 Å². The van der Waals surface area contributed by atoms with Gasteiger partial charge in [0.05, 0.1) is 0 Å². The quantitative estimate of drug-likeness (QED) is 0.871. The van der Waals surface area contributed by atoms with Crippen LogP contribution in [0.15, 0.2) is 29.6 Å². The molecule has 0 unspecified atom stereocenters. The molecular formula is C17H21N3OS. The second-order valence-corrected chi connectivity index (χ2v) is 6.67. The van der Waals surface area contributed by atoms with Gasteiger partial charge in [-0.05, 0) is 31.9 Å². The first-order chi connectivity index (χ1) is 10.7. The molecule has 0 saturated heterocycles. The minimum Gasteiger partial charge on any atom is -0.335 e. The second-order valence-electron chi connectivity index (χ2n) is 5.81. The molecule has 0 radical (unpaired) electrons. The van der Waals surface area contributed by atoms with Crippen molar-refractivity contribution < 1.29 is 4.79 Å². The van der Waals surface area contributed by atoms with E-state index in [0.717, 1.165) is 34.8 Å². The molecule has 1 aromatic heterocycles. The van der Waals surface area contributed by atoms with Gasteiger partial charge in [0.1, 0.15) is 5.01 Å². The maximum Gasteiger partial charge on any atom is 0.319 e. The molecule has 5 heteroatoms. The fourth-order valence-electron chi connectivity index (χ4n) is 2.82. The third-order valence-corrected chi connectivity index (χ3v) is 4.94. The van der Waals surface area contributed by atoms with E-state index in [1.54, 1.807) is 11.3 Å². The lowest BCUT2D eigenvalue weighted by atomic mass is 9.96. The zero-order chi connectivity index (χ0) is 15.4. The van der Waals surface area contributed by atoms with Crippen LogP contribution in [-0.2, 0) is 0 Å². The van der Waals surface area contributed by atoms with E-state index in [0.29, 0.717) is 6.04 Å². The molecule has 1 fully saturated rings. The van der Waals surface area contributed by atoms with Crippen LogP contribution in [-0.4, -0.2) is 17.1 Å². The maximum atomic E-state index is 12.1. The number of aryl methyl sites for hydroxylation is 1. The van der Waals surface area contributed by atoms with Crippen molar-refractivity contribution in [1.82, 2.24) is 10.3 Å². The molecule has 1 saturated carbocycles. The number of carbonyl (C=O) groups excluding carboxylic acids is 1. The monoisotopic (exact) mass is 315 g/mol. The Morgan fingerprint density at radius 1 is 1.27 bits per heavy atom. The molecule has 22 heavy (non-hydrogen) atoms. The van der Waals surface area contributed by atoms with Crippen molar-refractivity contribution in [1.29, 1.82) is 0 Å². The summed E-state index contributed by atoms with van der Waals surface area (Å²) in [6.45, 7) is 1.99. The molecule has 2 N–H and O–H groups in total. The molecule has 0 bridgehead atoms. The zero-order valence-corrected chi connectivity index (χ0v) is 13.6. The normalized spacial score (nSPS) is 15.5. The standard InChI is InChI=1S/C17H21N3OS/c1-12-11-22-16(18-12)13-6-5-9-15(10-13)20-17(21)19-14-7-3-2-4-8-14/h5-6,9-11,14H,2-4,7-8H2,1H3,(H2,19,20,21). The Hall–Kier alpha value is -1.88. The Morgan fingerprint density at radius 3 is 2.82 bits per heavy atom. The summed E-state index contributed by atoms with van der Waals surface area (Å²) < 4.78 is 0. The molecule has 0 spiro atoms. The van der Waals surface area contributed by atoms with Gasteiger partial charge in [-0.25, -0.2) is 9.78 Å². The summed E-state index contributed by atoms with van der Waals surface area (Å²) >= 11 is 1.62. The molecule has 1 aliphatic rings. The molecule has 1 aliphatic carbocycles. The summed E-state index contributed by atoms with van der Waals surface area (Å²) in [5, 5.41) is 9.01. The van der Waals surface area contributed by atoms with Crippen molar-refractivity contribution in [2.24, 2.45) is 0 Å². The highest BCUT2D eigenvalue weighted by molar-refractivity contribution is 7.13. The lowest BCUT2D eigenvalue weighted by Crippen LogP contribution is -2.39. The molecule has 2 aromatic rings. The highest BCUT2D eigenvalue weighted by atomic mass is 32.1. The number of aromatic nitrogens is 1. The van der Waals surface area contributed by atoms with E-state index < -0.39 is 0 Å². The van der Waals surface area contributed by atoms with Gasteiger partial charge in [-0.2, -0.15) is 0 Å². The summed E-state index contributed by atoms with van der Waals surface area (Å²) in [6.07, 6.45) is 5.89. The number of benzene rings is 1. The van der Waals surface area contributed by atoms with Crippen LogP contribution in [0.4, 0.5) is 10.5 Å². The number of carbonyl (C=O) groups is 1. The fourth-order valence-corrected chi connectivity index (χ4v) is 3.61. The number of urea groups is 1. The van der Waals surface area contributed by atoms with Crippen molar-refractivity contribution in [3.63, 3.8) is 0 Å². The van der Waals surface area contributed by atoms with Crippen LogP contribution in [0.3, 0.4) is 0 Å². The Balaban J connectivity index is 1.63. The van der Waals surface area contributed by atoms with Crippen molar-refractivity contribution in [3.8, 4) is 10.6 Å². The largest absolute Gasteiger partial charge is 0.335 e. The summed E-state index contributed by atoms with van der Waals surface area (Å²) in [5.74, 6) is 0. The number of rotatable bonds is 3. The van der Waals surface area contributed by atoms with Crippen molar-refractivity contribution in [3.05, 3.63) is 35.3 Å². The number of hydrogen-bond donors (Lipinski definition) is 2. The van der Waals surface area contributed by atoms with Gasteiger partial charge >= 0.3 is 6.03 Å². The molecule has 2 amide bonds. The number of anilines is 1. The van der Waals surface area contributed by atoms with E-state index in [-0.39, 0.29) is 6.03 Å². The predicted octanol–water partition coefficient (Wildman–Crippen LogP) is 4.57. The molecule has 0 aliphatic heterocycles. The van der Waals surface area contributed by atoms with Gasteiger partial charge in [-0.3, -0.25) is 0 Å². The van der Waals surface area contributed by atoms with Crippen LogP contribution in [0.2, 0.25) is 0 Å². The lowest BCUT2D eigenvalue weighted by Gasteiger charge is -2.22. The molecule has 1 aromatic carbocycles. The third-order valence-electron chi connectivity index (χ3n) is 3.93. The van der Waals surface area contributed by atoms with Crippen LogP contribution in [0, 0.1) is 6.92 Å². The first-order valence-electron chi connectivity index (χ1n) is 7.81. The molecule has 116 valence electrons. The van der Waals surface area contributed by atoms with Gasteiger partial charge in [0.25, 0.3) is 0 Å². The van der Waals surface area contributed by atoms with Gasteiger partial charge in [0.2, 0.25) is 0 Å². The van der Waals surface area contributed by atoms with E-state index in [1.807, 2.05) is 36.6 Å². The molecule has 1 heterocycles. The van der Waals surface area contributed by atoms with E-state index >= 15 is 0 Å². The molecular weight excluding hydrogens is 294 g/mol. The number of amides is 2. The highest BCUT2D eigenvalue weighted by Gasteiger charge is 2.15. The number of thiazole rings is 1. The van der Waals surface area contributed by atoms with E-state index in [2.05, 4.69) is 15.6 Å². The van der Waals surface area contributed by atoms with Crippen LogP contribution < -0.4 is 10.6 Å². The van der Waals surface area contributed by atoms with Crippen LogP contribution in [0.1, 0.15) is 37.8 Å². The topological polar surface area (TPSA) is 54.0 Å². The Kier molecular flexibility index (Phi) is 4.73. The van der Waals surface area contributed by atoms with Gasteiger partial charge in [0.15, 0.2) is 0 Å². The van der Waals surface area contributed by atoms with Gasteiger partial charge in [-0.15, -0.1) is 11.3 Å². The van der Waals surface area contributed by atoms with E-state index in [1.165, 1.54) is 19.3 Å². The van der Waals surface area contributed by atoms with Gasteiger partial charge in [-0.1, -0.05) is 31.4 Å². The summed E-state index contributed by atoms with van der Waals surface area (Å²) in [5.41, 5.74) is 2.86. The summed E-state index contributed by atoms with van der Waals surface area (Å²) in [7, 11) is 0. The average molecular weight is 315 g/mol. The van der Waals surface area contributed by atoms with Crippen molar-refractivity contribution >= 4 is 23.1 Å². The van der Waals surface area contributed by atoms with Crippen molar-refractivity contribution in [2.75, 3.05) is 5.32 Å². The van der Waals surface area contributed by atoms with Crippen LogP contribution in [0.25, 0.3) is 10.6 Å². The average Bonchev–Trinajstić information content (AvgIpc) is 2.95. The Bertz CT molecular complexity index is 647. The van der Waals surface area contributed by atoms with Crippen LogP contribution in [0.5, 0.6) is 0 Å². The molecule has 4 nitrogen and oxygen atoms in total. The SMILES string of the molecule is Cc1csc(-c2cccc(NC(=O)NC3CCCCC3)c2)n1. The fraction of sp³-hybridized carbons (Fsp3) is 0.412. The smallest absolute Gasteiger partial charge is 0.319 e. The number of hydrogen-bond acceptors (Lipinski definition) is 3. The minimum atomic E-state index is -0.112. The number of nitrogens with one attached hydrogen (secondary N) is 2. The Labute approximate surface area is 135 Å². The molecule has 0 atom stereocenters. The van der Waals surface area contributed by atoms with Crippen molar-refractivity contribution in [2.45, 2.75) is 45.1 Å². The lowest BCUT2D eigenvalue weighted by molar-refractivity contribution is 0.244. The predicted molar refractivity (Wildman–Crippen MR) is 91.3 cm³/mol. The molecule has 3 rings (SSSR count). The van der Waals surface area contributed by atoms with E-state index in [4.69, 9.17) is 0 Å². The first kappa shape index (κ1) is 15.0. The zero-order valence-electron chi connectivity index (χ0n) is 12.8. The highest BCUT2D eigenvalue weighted by Crippen LogP contribution is 2.26. The summed E-state index contributed by atoms with van der Waals surface area (Å²) in [6, 6.07) is 8.05. The van der Waals surface area contributed by atoms with Gasteiger partial charge in [0, 0.05) is 28.4 Å².